The molecule has 1 aliphatic rings. The molecule has 0 spiro atoms. The summed E-state index contributed by atoms with van der Waals surface area (Å²) < 4.78 is 1.80. The van der Waals surface area contributed by atoms with Gasteiger partial charge in [0.1, 0.15) is 5.52 Å². The zero-order chi connectivity index (χ0) is 14.3. The van der Waals surface area contributed by atoms with Gasteiger partial charge in [-0.1, -0.05) is 11.3 Å². The average molecular weight is 274 g/mol. The largest absolute Gasteiger partial charge is 0.478 e. The molecule has 1 fully saturated rings. The summed E-state index contributed by atoms with van der Waals surface area (Å²) in [6.45, 7) is 2.87. The van der Waals surface area contributed by atoms with Crippen LogP contribution in [0.1, 0.15) is 30.1 Å². The van der Waals surface area contributed by atoms with E-state index in [1.165, 1.54) is 12.8 Å². The van der Waals surface area contributed by atoms with Crippen LogP contribution in [0.4, 0.5) is 0 Å². The molecule has 1 aromatic heterocycles. The summed E-state index contributed by atoms with van der Waals surface area (Å²) in [6.07, 6.45) is 2.53. The Morgan fingerprint density at radius 2 is 2.30 bits per heavy atom. The number of rotatable bonds is 5. The molecular formula is C14H18N4O2. The van der Waals surface area contributed by atoms with E-state index in [4.69, 9.17) is 5.11 Å². The van der Waals surface area contributed by atoms with E-state index >= 15 is 0 Å². The second-order valence-corrected chi connectivity index (χ2v) is 5.50. The summed E-state index contributed by atoms with van der Waals surface area (Å²) in [5.74, 6) is -0.967. The molecule has 0 radical (unpaired) electrons. The molecule has 1 saturated carbocycles. The highest BCUT2D eigenvalue weighted by atomic mass is 16.4. The highest BCUT2D eigenvalue weighted by Crippen LogP contribution is 2.27. The predicted octanol–water partition coefficient (Wildman–Crippen LogP) is 1.61. The molecule has 2 aromatic rings. The van der Waals surface area contributed by atoms with Gasteiger partial charge < -0.3 is 5.11 Å². The second kappa shape index (κ2) is 4.86. The van der Waals surface area contributed by atoms with Gasteiger partial charge in [0.25, 0.3) is 0 Å². The fourth-order valence-corrected chi connectivity index (χ4v) is 2.52. The smallest absolute Gasteiger partial charge is 0.338 e. The Labute approximate surface area is 117 Å². The Bertz CT molecular complexity index is 648. The Kier molecular flexibility index (Phi) is 3.17. The van der Waals surface area contributed by atoms with Crippen LogP contribution < -0.4 is 0 Å². The van der Waals surface area contributed by atoms with Gasteiger partial charge in [0.2, 0.25) is 0 Å². The molecule has 6 heteroatoms. The third-order valence-electron chi connectivity index (χ3n) is 4.03. The van der Waals surface area contributed by atoms with Crippen LogP contribution in [-0.4, -0.2) is 50.1 Å². The lowest BCUT2D eigenvalue weighted by atomic mass is 10.2. The highest BCUT2D eigenvalue weighted by Gasteiger charge is 2.29. The van der Waals surface area contributed by atoms with Crippen molar-refractivity contribution in [2.75, 3.05) is 7.05 Å². The van der Waals surface area contributed by atoms with E-state index in [0.29, 0.717) is 24.1 Å². The summed E-state index contributed by atoms with van der Waals surface area (Å²) in [4.78, 5) is 13.5. The first-order chi connectivity index (χ1) is 9.58. The van der Waals surface area contributed by atoms with Gasteiger partial charge in [0.05, 0.1) is 17.6 Å². The number of hydrogen-bond acceptors (Lipinski definition) is 4. The lowest BCUT2D eigenvalue weighted by Gasteiger charge is -2.24. The number of carboxylic acid groups (broad SMARTS) is 1. The van der Waals surface area contributed by atoms with Crippen molar-refractivity contribution in [3.63, 3.8) is 0 Å². The maximum atomic E-state index is 11.2. The van der Waals surface area contributed by atoms with E-state index in [9.17, 15) is 4.79 Å². The zero-order valence-electron chi connectivity index (χ0n) is 11.7. The topological polar surface area (TPSA) is 71.2 Å². The maximum Gasteiger partial charge on any atom is 0.338 e. The van der Waals surface area contributed by atoms with Crippen LogP contribution in [0, 0.1) is 0 Å². The fourth-order valence-electron chi connectivity index (χ4n) is 2.52. The molecule has 1 aliphatic carbocycles. The number of hydrogen-bond donors (Lipinski definition) is 1. The summed E-state index contributed by atoms with van der Waals surface area (Å²) in [6, 6.07) is 6.20. The zero-order valence-corrected chi connectivity index (χ0v) is 11.7. The number of nitrogens with zero attached hydrogens (tertiary/aromatic N) is 4. The van der Waals surface area contributed by atoms with Crippen LogP contribution in [0.3, 0.4) is 0 Å². The van der Waals surface area contributed by atoms with Crippen molar-refractivity contribution in [3.05, 3.63) is 23.8 Å². The van der Waals surface area contributed by atoms with Gasteiger partial charge >= 0.3 is 5.97 Å². The van der Waals surface area contributed by atoms with E-state index < -0.39 is 5.97 Å². The first-order valence-electron chi connectivity index (χ1n) is 6.85. The molecule has 1 N–H and O–H groups in total. The van der Waals surface area contributed by atoms with Crippen LogP contribution in [0.15, 0.2) is 18.2 Å². The van der Waals surface area contributed by atoms with Crippen molar-refractivity contribution in [2.45, 2.75) is 38.4 Å². The van der Waals surface area contributed by atoms with Crippen LogP contribution in [0.5, 0.6) is 0 Å². The standard InChI is InChI=1S/C14H18N4O2/c1-9(17(2)10-6-7-10)8-18-12-5-3-4-11(14(19)20)13(12)15-16-18/h3-5,9-10H,6-8H2,1-2H3,(H,19,20). The van der Waals surface area contributed by atoms with Gasteiger partial charge in [-0.3, -0.25) is 4.90 Å². The van der Waals surface area contributed by atoms with Crippen LogP contribution in [0.25, 0.3) is 11.0 Å². The minimum atomic E-state index is -0.967. The van der Waals surface area contributed by atoms with E-state index in [1.807, 2.05) is 6.07 Å². The molecule has 0 aliphatic heterocycles. The number of benzene rings is 1. The Hall–Kier alpha value is -1.95. The molecule has 106 valence electrons. The Balaban J connectivity index is 1.88. The highest BCUT2D eigenvalue weighted by molar-refractivity contribution is 6.00. The lowest BCUT2D eigenvalue weighted by molar-refractivity contribution is 0.0699. The molecule has 6 nitrogen and oxygen atoms in total. The molecule has 0 bridgehead atoms. The number of aromatic nitrogens is 3. The van der Waals surface area contributed by atoms with Crippen LogP contribution in [0.2, 0.25) is 0 Å². The molecule has 1 atom stereocenters. The third-order valence-corrected chi connectivity index (χ3v) is 4.03. The minimum absolute atomic E-state index is 0.206. The first-order valence-corrected chi connectivity index (χ1v) is 6.85. The molecule has 1 unspecified atom stereocenters. The summed E-state index contributed by atoms with van der Waals surface area (Å²) >= 11 is 0. The maximum absolute atomic E-state index is 11.2. The SMILES string of the molecule is CC(Cn1nnc2c(C(=O)O)cccc21)N(C)C1CC1. The van der Waals surface area contributed by atoms with Crippen molar-refractivity contribution < 1.29 is 9.90 Å². The second-order valence-electron chi connectivity index (χ2n) is 5.50. The van der Waals surface area contributed by atoms with Crippen molar-refractivity contribution in [3.8, 4) is 0 Å². The van der Waals surface area contributed by atoms with E-state index in [2.05, 4.69) is 29.2 Å². The molecule has 0 amide bonds. The van der Waals surface area contributed by atoms with Crippen LogP contribution >= 0.6 is 0 Å². The molecule has 20 heavy (non-hydrogen) atoms. The van der Waals surface area contributed by atoms with Crippen LogP contribution in [-0.2, 0) is 6.54 Å². The van der Waals surface area contributed by atoms with Gasteiger partial charge in [-0.15, -0.1) is 5.10 Å². The number of fused-ring (bicyclic) bond motifs is 1. The molecular weight excluding hydrogens is 256 g/mol. The number of carbonyl (C=O) groups is 1. The third kappa shape index (κ3) is 2.27. The van der Waals surface area contributed by atoms with Crippen molar-refractivity contribution >= 4 is 17.0 Å². The fraction of sp³-hybridized carbons (Fsp3) is 0.500. The Morgan fingerprint density at radius 1 is 1.55 bits per heavy atom. The van der Waals surface area contributed by atoms with Crippen molar-refractivity contribution in [1.29, 1.82) is 0 Å². The number of carboxylic acids is 1. The van der Waals surface area contributed by atoms with Gasteiger partial charge in [-0.25, -0.2) is 9.48 Å². The minimum Gasteiger partial charge on any atom is -0.478 e. The van der Waals surface area contributed by atoms with Gasteiger partial charge in [0, 0.05) is 12.1 Å². The molecule has 1 aromatic carbocycles. The molecule has 1 heterocycles. The molecule has 0 saturated heterocycles. The summed E-state index contributed by atoms with van der Waals surface area (Å²) in [5.41, 5.74) is 1.44. The average Bonchev–Trinajstić information content (AvgIpc) is 3.20. The van der Waals surface area contributed by atoms with Gasteiger partial charge in [-0.05, 0) is 38.9 Å². The van der Waals surface area contributed by atoms with E-state index in [-0.39, 0.29) is 5.56 Å². The number of aromatic carboxylic acids is 1. The van der Waals surface area contributed by atoms with Crippen molar-refractivity contribution in [1.82, 2.24) is 19.9 Å². The summed E-state index contributed by atoms with van der Waals surface area (Å²) in [7, 11) is 2.13. The van der Waals surface area contributed by atoms with Crippen molar-refractivity contribution in [2.24, 2.45) is 0 Å². The number of likely N-dealkylation sites (N-methyl/N-ethyl adjacent to an activating group) is 1. The van der Waals surface area contributed by atoms with E-state index in [0.717, 1.165) is 5.52 Å². The first kappa shape index (κ1) is 13.1. The quantitative estimate of drug-likeness (QED) is 0.897. The van der Waals surface area contributed by atoms with Gasteiger partial charge in [0.15, 0.2) is 0 Å². The monoisotopic (exact) mass is 274 g/mol. The van der Waals surface area contributed by atoms with E-state index in [1.54, 1.807) is 16.8 Å². The molecule has 3 rings (SSSR count). The summed E-state index contributed by atoms with van der Waals surface area (Å²) in [5, 5.41) is 17.3. The van der Waals surface area contributed by atoms with Gasteiger partial charge in [-0.2, -0.15) is 0 Å². The normalized spacial score (nSPS) is 16.8. The lowest BCUT2D eigenvalue weighted by Crippen LogP contribution is -2.34. The Morgan fingerprint density at radius 3 is 2.95 bits per heavy atom. The predicted molar refractivity (Wildman–Crippen MR) is 74.7 cm³/mol.